The zero-order valence-corrected chi connectivity index (χ0v) is 17.2. The summed E-state index contributed by atoms with van der Waals surface area (Å²) in [5.41, 5.74) is 1.83. The first-order valence-electron chi connectivity index (χ1n) is 9.06. The van der Waals surface area contributed by atoms with Gasteiger partial charge >= 0.3 is 0 Å². The van der Waals surface area contributed by atoms with E-state index < -0.39 is 10.0 Å². The number of rotatable bonds is 8. The van der Waals surface area contributed by atoms with Crippen LogP contribution < -0.4 is 10.5 Å². The van der Waals surface area contributed by atoms with E-state index in [1.807, 2.05) is 53.4 Å². The molecule has 0 aliphatic carbocycles. The summed E-state index contributed by atoms with van der Waals surface area (Å²) < 4.78 is 24.7. The fourth-order valence-corrected chi connectivity index (χ4v) is 3.70. The van der Waals surface area contributed by atoms with Crippen LogP contribution in [-0.4, -0.2) is 18.9 Å². The monoisotopic (exact) mass is 431 g/mol. The van der Waals surface area contributed by atoms with E-state index in [4.69, 9.17) is 16.7 Å². The molecule has 3 rings (SSSR count). The third-order valence-electron chi connectivity index (χ3n) is 4.61. The first-order valence-corrected chi connectivity index (χ1v) is 11.0. The minimum Gasteiger partial charge on any atom is -0.354 e. The van der Waals surface area contributed by atoms with Gasteiger partial charge in [-0.1, -0.05) is 35.9 Å². The van der Waals surface area contributed by atoms with Gasteiger partial charge in [-0.3, -0.25) is 4.79 Å². The fourth-order valence-electron chi connectivity index (χ4n) is 3.06. The van der Waals surface area contributed by atoms with Gasteiger partial charge in [0.15, 0.2) is 0 Å². The molecule has 0 radical (unpaired) electrons. The summed E-state index contributed by atoms with van der Waals surface area (Å²) in [6, 6.07) is 17.6. The highest BCUT2D eigenvalue weighted by Gasteiger charge is 2.17. The molecule has 2 aromatic carbocycles. The number of carbonyl (C=O) groups is 1. The largest absolute Gasteiger partial charge is 0.354 e. The quantitative estimate of drug-likeness (QED) is 0.573. The number of hydrogen-bond donors (Lipinski definition) is 2. The van der Waals surface area contributed by atoms with Crippen molar-refractivity contribution in [2.45, 2.75) is 30.3 Å². The van der Waals surface area contributed by atoms with Crippen LogP contribution in [0.1, 0.15) is 23.5 Å². The highest BCUT2D eigenvalue weighted by molar-refractivity contribution is 7.89. The van der Waals surface area contributed by atoms with E-state index in [2.05, 4.69) is 5.32 Å². The lowest BCUT2D eigenvalue weighted by atomic mass is 9.95. The number of nitrogens with zero attached hydrogens (tertiary/aromatic N) is 1. The molecular formula is C21H22ClN3O3S. The predicted molar refractivity (Wildman–Crippen MR) is 113 cm³/mol. The molecule has 1 amide bonds. The molecule has 0 aliphatic heterocycles. The molecule has 8 heteroatoms. The third-order valence-corrected chi connectivity index (χ3v) is 5.79. The molecule has 0 spiro atoms. The molecule has 0 bridgehead atoms. The molecule has 0 aliphatic rings. The van der Waals surface area contributed by atoms with Crippen molar-refractivity contribution >= 4 is 27.5 Å². The highest BCUT2D eigenvalue weighted by Crippen LogP contribution is 2.24. The third kappa shape index (κ3) is 6.19. The van der Waals surface area contributed by atoms with E-state index in [9.17, 15) is 13.2 Å². The van der Waals surface area contributed by atoms with Crippen LogP contribution in [0.15, 0.2) is 78.0 Å². The van der Waals surface area contributed by atoms with Crippen LogP contribution in [0.3, 0.4) is 0 Å². The maximum Gasteiger partial charge on any atom is 0.238 e. The Balaban J connectivity index is 1.64. The molecule has 3 N–H and O–H groups in total. The van der Waals surface area contributed by atoms with Gasteiger partial charge in [0, 0.05) is 42.8 Å². The number of carbonyl (C=O) groups excluding carboxylic acids is 1. The van der Waals surface area contributed by atoms with Gasteiger partial charge in [0.05, 0.1) is 4.90 Å². The maximum absolute atomic E-state index is 12.6. The Bertz CT molecular complexity index is 1050. The van der Waals surface area contributed by atoms with Gasteiger partial charge in [-0.25, -0.2) is 13.6 Å². The first kappa shape index (κ1) is 21.1. The second-order valence-electron chi connectivity index (χ2n) is 6.80. The number of amides is 1. The Hall–Kier alpha value is -2.61. The van der Waals surface area contributed by atoms with Crippen LogP contribution in [0, 0.1) is 0 Å². The molecular weight excluding hydrogens is 410 g/mol. The SMILES string of the molecule is NS(=O)(=O)c1ccc(CNC(=O)CC(Cn2cccc2)c2ccc(Cl)cc2)cc1. The topological polar surface area (TPSA) is 94.2 Å². The summed E-state index contributed by atoms with van der Waals surface area (Å²) in [5, 5.41) is 8.64. The lowest BCUT2D eigenvalue weighted by Gasteiger charge is -2.18. The standard InChI is InChI=1S/C21H22ClN3O3S/c22-19-7-5-17(6-8-19)18(15-25-11-1-2-12-25)13-21(26)24-14-16-3-9-20(10-4-16)29(23,27)28/h1-12,18H,13-15H2,(H,24,26)(H2,23,27,28). The van der Waals surface area contributed by atoms with E-state index in [1.165, 1.54) is 12.1 Å². The van der Waals surface area contributed by atoms with Crippen LogP contribution in [0.2, 0.25) is 5.02 Å². The summed E-state index contributed by atoms with van der Waals surface area (Å²) >= 11 is 5.99. The lowest BCUT2D eigenvalue weighted by Crippen LogP contribution is -2.26. The Morgan fingerprint density at radius 2 is 1.66 bits per heavy atom. The smallest absolute Gasteiger partial charge is 0.238 e. The number of nitrogens with one attached hydrogen (secondary N) is 1. The van der Waals surface area contributed by atoms with Crippen LogP contribution in [0.5, 0.6) is 0 Å². The second kappa shape index (κ2) is 9.26. The van der Waals surface area contributed by atoms with Crippen molar-refractivity contribution in [2.75, 3.05) is 0 Å². The zero-order chi connectivity index (χ0) is 20.9. The Morgan fingerprint density at radius 1 is 1.03 bits per heavy atom. The average molecular weight is 432 g/mol. The summed E-state index contributed by atoms with van der Waals surface area (Å²) in [4.78, 5) is 12.6. The van der Waals surface area contributed by atoms with Gasteiger partial charge in [0.2, 0.25) is 15.9 Å². The number of benzene rings is 2. The average Bonchev–Trinajstić information content (AvgIpc) is 3.19. The van der Waals surface area contributed by atoms with Crippen molar-refractivity contribution < 1.29 is 13.2 Å². The molecule has 152 valence electrons. The van der Waals surface area contributed by atoms with E-state index in [1.54, 1.807) is 12.1 Å². The minimum atomic E-state index is -3.72. The van der Waals surface area contributed by atoms with Gasteiger partial charge < -0.3 is 9.88 Å². The van der Waals surface area contributed by atoms with Crippen LogP contribution >= 0.6 is 11.6 Å². The molecule has 1 aromatic heterocycles. The lowest BCUT2D eigenvalue weighted by molar-refractivity contribution is -0.121. The Kier molecular flexibility index (Phi) is 6.74. The van der Waals surface area contributed by atoms with Crippen molar-refractivity contribution in [1.29, 1.82) is 0 Å². The molecule has 1 heterocycles. The van der Waals surface area contributed by atoms with Gasteiger partial charge in [0.1, 0.15) is 0 Å². The Labute approximate surface area is 175 Å². The first-order chi connectivity index (χ1) is 13.8. The number of aromatic nitrogens is 1. The zero-order valence-electron chi connectivity index (χ0n) is 15.7. The summed E-state index contributed by atoms with van der Waals surface area (Å²) in [7, 11) is -3.72. The number of primary sulfonamides is 1. The molecule has 6 nitrogen and oxygen atoms in total. The van der Waals surface area contributed by atoms with Gasteiger partial charge in [0.25, 0.3) is 0 Å². The molecule has 0 saturated heterocycles. The molecule has 3 aromatic rings. The summed E-state index contributed by atoms with van der Waals surface area (Å²) in [6.07, 6.45) is 4.25. The molecule has 0 saturated carbocycles. The van der Waals surface area contributed by atoms with Crippen molar-refractivity contribution in [3.8, 4) is 0 Å². The van der Waals surface area contributed by atoms with Crippen molar-refractivity contribution in [3.05, 3.63) is 89.2 Å². The second-order valence-corrected chi connectivity index (χ2v) is 8.80. The number of sulfonamides is 1. The maximum atomic E-state index is 12.6. The highest BCUT2D eigenvalue weighted by atomic mass is 35.5. The fraction of sp³-hybridized carbons (Fsp3) is 0.190. The molecule has 0 fully saturated rings. The van der Waals surface area contributed by atoms with Gasteiger partial charge in [-0.2, -0.15) is 0 Å². The van der Waals surface area contributed by atoms with E-state index in [0.29, 0.717) is 24.5 Å². The molecule has 29 heavy (non-hydrogen) atoms. The summed E-state index contributed by atoms with van der Waals surface area (Å²) in [6.45, 7) is 0.978. The Morgan fingerprint density at radius 3 is 2.24 bits per heavy atom. The normalized spacial score (nSPS) is 12.5. The predicted octanol–water partition coefficient (Wildman–Crippen LogP) is 3.28. The van der Waals surface area contributed by atoms with Crippen molar-refractivity contribution in [3.63, 3.8) is 0 Å². The van der Waals surface area contributed by atoms with E-state index in [-0.39, 0.29) is 16.7 Å². The number of halogens is 1. The van der Waals surface area contributed by atoms with Gasteiger partial charge in [-0.15, -0.1) is 0 Å². The van der Waals surface area contributed by atoms with Crippen LogP contribution in [0.25, 0.3) is 0 Å². The van der Waals surface area contributed by atoms with Crippen LogP contribution in [0.4, 0.5) is 0 Å². The van der Waals surface area contributed by atoms with E-state index in [0.717, 1.165) is 11.1 Å². The minimum absolute atomic E-state index is 0.00979. The van der Waals surface area contributed by atoms with Gasteiger partial charge in [-0.05, 0) is 47.5 Å². The number of nitrogens with two attached hydrogens (primary N) is 1. The summed E-state index contributed by atoms with van der Waals surface area (Å²) in [5.74, 6) is -0.0999. The number of hydrogen-bond acceptors (Lipinski definition) is 3. The molecule has 1 unspecified atom stereocenters. The van der Waals surface area contributed by atoms with E-state index >= 15 is 0 Å². The van der Waals surface area contributed by atoms with Crippen LogP contribution in [-0.2, 0) is 27.9 Å². The van der Waals surface area contributed by atoms with Crippen molar-refractivity contribution in [1.82, 2.24) is 9.88 Å². The molecule has 1 atom stereocenters. The van der Waals surface area contributed by atoms with Crippen molar-refractivity contribution in [2.24, 2.45) is 5.14 Å².